The summed E-state index contributed by atoms with van der Waals surface area (Å²) in [6, 6.07) is 22.9. The molecule has 1 N–H and O–H groups in total. The van der Waals surface area contributed by atoms with Crippen molar-refractivity contribution in [1.29, 1.82) is 0 Å². The Morgan fingerprint density at radius 2 is 1.66 bits per heavy atom. The van der Waals surface area contributed by atoms with Gasteiger partial charge in [0.2, 0.25) is 0 Å². The molecule has 1 heterocycles. The molecule has 0 aliphatic rings. The number of hydrogen-bond donors (Lipinski definition) is 1. The molecule has 0 saturated heterocycles. The van der Waals surface area contributed by atoms with Crippen molar-refractivity contribution in [3.05, 3.63) is 95.7 Å². The summed E-state index contributed by atoms with van der Waals surface area (Å²) >= 11 is 0. The highest BCUT2D eigenvalue weighted by Gasteiger charge is 2.18. The molecule has 4 rings (SSSR count). The molecule has 0 saturated carbocycles. The summed E-state index contributed by atoms with van der Waals surface area (Å²) in [6.07, 6.45) is 4.82. The van der Waals surface area contributed by atoms with Gasteiger partial charge < -0.3 is 5.32 Å². The van der Waals surface area contributed by atoms with E-state index in [9.17, 15) is 13.2 Å². The first kappa shape index (κ1) is 27.3. The summed E-state index contributed by atoms with van der Waals surface area (Å²) in [5.41, 5.74) is 6.11. The monoisotopic (exact) mass is 526 g/mol. The number of nitrogens with zero attached hydrogens (tertiary/aromatic N) is 1. The number of carbonyl (C=O) groups excluding carboxylic acids is 1. The van der Waals surface area contributed by atoms with Gasteiger partial charge in [0.1, 0.15) is 0 Å². The van der Waals surface area contributed by atoms with Crippen LogP contribution in [0.25, 0.3) is 33.7 Å². The second-order valence-electron chi connectivity index (χ2n) is 11.0. The van der Waals surface area contributed by atoms with Crippen molar-refractivity contribution >= 4 is 38.3 Å². The van der Waals surface area contributed by atoms with Crippen molar-refractivity contribution in [2.24, 2.45) is 0 Å². The first-order valence-corrected chi connectivity index (χ1v) is 14.5. The van der Waals surface area contributed by atoms with Gasteiger partial charge in [-0.25, -0.2) is 8.42 Å². The number of fused-ring (bicyclic) bond motifs is 1. The average molecular weight is 527 g/mol. The Kier molecular flexibility index (Phi) is 7.56. The van der Waals surface area contributed by atoms with E-state index in [1.54, 1.807) is 18.3 Å². The van der Waals surface area contributed by atoms with Crippen LogP contribution < -0.4 is 5.32 Å². The predicted molar refractivity (Wildman–Crippen MR) is 157 cm³/mol. The number of rotatable bonds is 6. The molecule has 0 bridgehead atoms. The molecule has 0 spiro atoms. The molecule has 0 atom stereocenters. The minimum absolute atomic E-state index is 0.0312. The Morgan fingerprint density at radius 1 is 0.947 bits per heavy atom. The lowest BCUT2D eigenvalue weighted by molar-refractivity contribution is -0.116. The molecular formula is C32H34N2O3S. The van der Waals surface area contributed by atoms with E-state index < -0.39 is 9.84 Å². The van der Waals surface area contributed by atoms with E-state index in [1.807, 2.05) is 38.1 Å². The summed E-state index contributed by atoms with van der Waals surface area (Å²) in [5, 5.41) is 4.05. The van der Waals surface area contributed by atoms with Crippen molar-refractivity contribution in [3.8, 4) is 11.1 Å². The fourth-order valence-corrected chi connectivity index (χ4v) is 4.94. The van der Waals surface area contributed by atoms with Crippen LogP contribution in [0.2, 0.25) is 0 Å². The summed E-state index contributed by atoms with van der Waals surface area (Å²) in [5.74, 6) is -0.223. The number of pyridine rings is 1. The zero-order valence-electron chi connectivity index (χ0n) is 22.7. The normalized spacial score (nSPS) is 12.7. The second kappa shape index (κ2) is 10.5. The van der Waals surface area contributed by atoms with Crippen LogP contribution in [0.4, 0.5) is 0 Å². The molecular weight excluding hydrogens is 492 g/mol. The Balaban J connectivity index is 1.85. The third-order valence-electron chi connectivity index (χ3n) is 6.34. The van der Waals surface area contributed by atoms with Crippen molar-refractivity contribution in [2.45, 2.75) is 51.0 Å². The fraction of sp³-hybridized carbons (Fsp3) is 0.250. The number of benzene rings is 3. The van der Waals surface area contributed by atoms with E-state index in [4.69, 9.17) is 0 Å². The Morgan fingerprint density at radius 3 is 2.29 bits per heavy atom. The third kappa shape index (κ3) is 6.20. The van der Waals surface area contributed by atoms with Gasteiger partial charge in [0.15, 0.2) is 9.84 Å². The van der Waals surface area contributed by atoms with Crippen molar-refractivity contribution in [3.63, 3.8) is 0 Å². The first-order valence-electron chi connectivity index (χ1n) is 12.7. The smallest absolute Gasteiger partial charge is 0.252 e. The van der Waals surface area contributed by atoms with E-state index in [0.717, 1.165) is 27.6 Å². The largest absolute Gasteiger partial charge is 0.350 e. The van der Waals surface area contributed by atoms with Crippen LogP contribution in [0.5, 0.6) is 0 Å². The lowest BCUT2D eigenvalue weighted by Gasteiger charge is -2.21. The van der Waals surface area contributed by atoms with E-state index in [-0.39, 0.29) is 22.3 Å². The molecule has 4 aromatic rings. The van der Waals surface area contributed by atoms with Gasteiger partial charge in [0, 0.05) is 35.0 Å². The van der Waals surface area contributed by atoms with Gasteiger partial charge in [-0.05, 0) is 84.0 Å². The molecule has 0 unspecified atom stereocenters. The minimum atomic E-state index is -3.34. The summed E-state index contributed by atoms with van der Waals surface area (Å²) < 4.78 is 23.9. The third-order valence-corrected chi connectivity index (χ3v) is 7.47. The lowest BCUT2D eigenvalue weighted by Crippen LogP contribution is -2.30. The van der Waals surface area contributed by atoms with Gasteiger partial charge in [-0.3, -0.25) is 9.78 Å². The topological polar surface area (TPSA) is 76.1 Å². The van der Waals surface area contributed by atoms with Crippen molar-refractivity contribution in [2.75, 3.05) is 6.26 Å². The number of carbonyl (C=O) groups is 1. The average Bonchev–Trinajstić information content (AvgIpc) is 2.85. The van der Waals surface area contributed by atoms with Crippen LogP contribution >= 0.6 is 0 Å². The van der Waals surface area contributed by atoms with Crippen LogP contribution in [0.1, 0.15) is 51.3 Å². The zero-order chi connectivity index (χ0) is 27.7. The second-order valence-corrected chi connectivity index (χ2v) is 13.0. The van der Waals surface area contributed by atoms with Crippen LogP contribution in [0.3, 0.4) is 0 Å². The van der Waals surface area contributed by atoms with E-state index >= 15 is 0 Å². The van der Waals surface area contributed by atoms with Gasteiger partial charge >= 0.3 is 0 Å². The molecule has 0 aliphatic carbocycles. The minimum Gasteiger partial charge on any atom is -0.350 e. The fourth-order valence-electron chi connectivity index (χ4n) is 4.31. The SMILES string of the molecule is CC(C)NC(=O)C(=Cc1cccc(-c2cc(C(C)(C)C)cc3cccnc23)c1)c1ccc(S(C)(=O)=O)cc1. The molecule has 3 aromatic carbocycles. The molecule has 0 aliphatic heterocycles. The highest BCUT2D eigenvalue weighted by molar-refractivity contribution is 7.90. The maximum Gasteiger partial charge on any atom is 0.252 e. The van der Waals surface area contributed by atoms with Crippen LogP contribution in [0.15, 0.2) is 83.9 Å². The van der Waals surface area contributed by atoms with Gasteiger partial charge in [-0.1, -0.05) is 57.2 Å². The molecule has 38 heavy (non-hydrogen) atoms. The van der Waals surface area contributed by atoms with Crippen LogP contribution in [-0.4, -0.2) is 31.6 Å². The van der Waals surface area contributed by atoms with E-state index in [1.165, 1.54) is 24.0 Å². The zero-order valence-corrected chi connectivity index (χ0v) is 23.6. The molecule has 0 fully saturated rings. The number of hydrogen-bond acceptors (Lipinski definition) is 4. The van der Waals surface area contributed by atoms with E-state index in [2.05, 4.69) is 61.4 Å². The maximum atomic E-state index is 13.2. The molecule has 1 aromatic heterocycles. The molecule has 6 heteroatoms. The quantitative estimate of drug-likeness (QED) is 0.225. The van der Waals surface area contributed by atoms with E-state index in [0.29, 0.717) is 11.1 Å². The number of sulfone groups is 1. The van der Waals surface area contributed by atoms with Crippen molar-refractivity contribution in [1.82, 2.24) is 10.3 Å². The summed E-state index contributed by atoms with van der Waals surface area (Å²) in [7, 11) is -3.34. The Hall–Kier alpha value is -3.77. The standard InChI is InChI=1S/C32H34N2O3S/c1-21(2)34-31(35)29(23-12-14-27(15-13-23)38(6,36)37)18-22-9-7-10-24(17-22)28-20-26(32(3,4)5)19-25-11-8-16-33-30(25)28/h7-21H,1-6H3,(H,34,35). The van der Waals surface area contributed by atoms with Gasteiger partial charge in [-0.2, -0.15) is 0 Å². The molecule has 1 amide bonds. The lowest BCUT2D eigenvalue weighted by atomic mass is 9.84. The molecule has 5 nitrogen and oxygen atoms in total. The Labute approximate surface area is 225 Å². The molecule has 196 valence electrons. The summed E-state index contributed by atoms with van der Waals surface area (Å²) in [6.45, 7) is 10.4. The van der Waals surface area contributed by atoms with Crippen LogP contribution in [-0.2, 0) is 20.0 Å². The number of nitrogens with one attached hydrogen (secondary N) is 1. The molecule has 0 radical (unpaired) electrons. The Bertz CT molecular complexity index is 1630. The van der Waals surface area contributed by atoms with Gasteiger partial charge in [0.05, 0.1) is 10.4 Å². The highest BCUT2D eigenvalue weighted by atomic mass is 32.2. The van der Waals surface area contributed by atoms with Gasteiger partial charge in [0.25, 0.3) is 5.91 Å². The highest BCUT2D eigenvalue weighted by Crippen LogP contribution is 2.34. The maximum absolute atomic E-state index is 13.2. The summed E-state index contributed by atoms with van der Waals surface area (Å²) in [4.78, 5) is 18.1. The predicted octanol–water partition coefficient (Wildman–Crippen LogP) is 6.67. The first-order chi connectivity index (χ1) is 17.8. The number of amides is 1. The van der Waals surface area contributed by atoms with Crippen molar-refractivity contribution < 1.29 is 13.2 Å². The van der Waals surface area contributed by atoms with Crippen LogP contribution in [0, 0.1) is 0 Å². The van der Waals surface area contributed by atoms with Gasteiger partial charge in [-0.15, -0.1) is 0 Å². The number of aromatic nitrogens is 1.